The predicted octanol–water partition coefficient (Wildman–Crippen LogP) is 1.56. The van der Waals surface area contributed by atoms with Gasteiger partial charge in [0.1, 0.15) is 5.52 Å². The first kappa shape index (κ1) is 12.4. The van der Waals surface area contributed by atoms with E-state index in [2.05, 4.69) is 20.5 Å². The summed E-state index contributed by atoms with van der Waals surface area (Å²) in [6, 6.07) is 8.97. The quantitative estimate of drug-likeness (QED) is 0.322. The molecule has 0 saturated heterocycles. The Hall–Kier alpha value is -2.67. The molecule has 100 valence electrons. The molecule has 3 N–H and O–H groups in total. The van der Waals surface area contributed by atoms with Gasteiger partial charge in [-0.3, -0.25) is 0 Å². The minimum atomic E-state index is -0.0944. The van der Waals surface area contributed by atoms with Crippen LogP contribution in [0.15, 0.2) is 41.7 Å². The normalized spacial score (nSPS) is 11.9. The van der Waals surface area contributed by atoms with E-state index in [9.17, 15) is 0 Å². The fraction of sp³-hybridized carbons (Fsp3) is 0. The number of nitrogens with zero attached hydrogens (tertiary/aromatic N) is 5. The van der Waals surface area contributed by atoms with E-state index in [1.165, 1.54) is 10.9 Å². The van der Waals surface area contributed by atoms with E-state index in [0.29, 0.717) is 11.4 Å². The number of oxime groups is 1. The van der Waals surface area contributed by atoms with Crippen molar-refractivity contribution in [3.8, 4) is 5.82 Å². The molecule has 8 heteroatoms. The Labute approximate surface area is 118 Å². The zero-order chi connectivity index (χ0) is 14.1. The fourth-order valence-electron chi connectivity index (χ4n) is 1.86. The number of aromatic nitrogens is 4. The number of hydrogen-bond acceptors (Lipinski definition) is 5. The van der Waals surface area contributed by atoms with E-state index in [1.807, 2.05) is 24.3 Å². The highest BCUT2D eigenvalue weighted by Gasteiger charge is 2.15. The lowest BCUT2D eigenvalue weighted by molar-refractivity contribution is 0.318. The van der Waals surface area contributed by atoms with Gasteiger partial charge in [-0.1, -0.05) is 34.1 Å². The number of hydrogen-bond donors (Lipinski definition) is 2. The summed E-state index contributed by atoms with van der Waals surface area (Å²) >= 11 is 6.25. The molecule has 0 radical (unpaired) electrons. The van der Waals surface area contributed by atoms with Gasteiger partial charge in [-0.05, 0) is 18.2 Å². The number of para-hydroxylation sites is 1. The van der Waals surface area contributed by atoms with Gasteiger partial charge in [0.15, 0.2) is 11.7 Å². The molecule has 0 bridgehead atoms. The van der Waals surface area contributed by atoms with Crippen molar-refractivity contribution >= 4 is 28.5 Å². The van der Waals surface area contributed by atoms with Gasteiger partial charge in [-0.2, -0.15) is 4.68 Å². The summed E-state index contributed by atoms with van der Waals surface area (Å²) in [5, 5.41) is 20.0. The first-order chi connectivity index (χ1) is 9.72. The molecule has 0 amide bonds. The summed E-state index contributed by atoms with van der Waals surface area (Å²) in [5.41, 5.74) is 7.43. The molecule has 0 spiro atoms. The number of halogens is 1. The lowest BCUT2D eigenvalue weighted by Crippen LogP contribution is -2.15. The second-order valence-electron chi connectivity index (χ2n) is 3.97. The maximum atomic E-state index is 8.76. The topological polar surface area (TPSA) is 102 Å². The van der Waals surface area contributed by atoms with Crippen LogP contribution in [0, 0.1) is 0 Å². The largest absolute Gasteiger partial charge is 0.409 e. The summed E-state index contributed by atoms with van der Waals surface area (Å²) in [6.07, 6.45) is 1.50. The van der Waals surface area contributed by atoms with Crippen LogP contribution in [0.4, 0.5) is 0 Å². The molecular formula is C12H9ClN6O. The highest BCUT2D eigenvalue weighted by atomic mass is 35.5. The summed E-state index contributed by atoms with van der Waals surface area (Å²) in [5.74, 6) is 0.271. The lowest BCUT2D eigenvalue weighted by Gasteiger charge is -2.07. The van der Waals surface area contributed by atoms with Gasteiger partial charge in [0.05, 0.1) is 10.5 Å². The van der Waals surface area contributed by atoms with Crippen LogP contribution in [0.3, 0.4) is 0 Å². The minimum Gasteiger partial charge on any atom is -0.409 e. The van der Waals surface area contributed by atoms with Crippen molar-refractivity contribution in [1.82, 2.24) is 20.0 Å². The zero-order valence-electron chi connectivity index (χ0n) is 10.1. The molecule has 0 aliphatic heterocycles. The molecule has 0 aliphatic carbocycles. The Morgan fingerprint density at radius 1 is 1.30 bits per heavy atom. The van der Waals surface area contributed by atoms with E-state index in [-0.39, 0.29) is 10.9 Å². The maximum absolute atomic E-state index is 8.76. The van der Waals surface area contributed by atoms with E-state index >= 15 is 0 Å². The second-order valence-corrected chi connectivity index (χ2v) is 4.35. The summed E-state index contributed by atoms with van der Waals surface area (Å²) in [6.45, 7) is 0. The van der Waals surface area contributed by atoms with Crippen LogP contribution in [0.5, 0.6) is 0 Å². The standard InChI is InChI=1S/C12H9ClN6O/c13-10-7(11(14)17-20)5-6-15-12(10)19-9-4-2-1-3-8(9)16-18-19/h1-6,20H,(H2,14,17). The minimum absolute atomic E-state index is 0.0944. The van der Waals surface area contributed by atoms with Crippen LogP contribution in [-0.4, -0.2) is 31.0 Å². The van der Waals surface area contributed by atoms with Crippen molar-refractivity contribution in [2.24, 2.45) is 10.9 Å². The van der Waals surface area contributed by atoms with E-state index in [4.69, 9.17) is 22.5 Å². The number of benzene rings is 1. The maximum Gasteiger partial charge on any atom is 0.175 e. The second kappa shape index (κ2) is 4.78. The predicted molar refractivity (Wildman–Crippen MR) is 74.2 cm³/mol. The molecule has 3 aromatic rings. The number of nitrogens with two attached hydrogens (primary N) is 1. The van der Waals surface area contributed by atoms with Gasteiger partial charge in [0, 0.05) is 11.8 Å². The summed E-state index contributed by atoms with van der Waals surface area (Å²) in [7, 11) is 0. The fourth-order valence-corrected chi connectivity index (χ4v) is 2.15. The van der Waals surface area contributed by atoms with Crippen LogP contribution in [-0.2, 0) is 0 Å². The zero-order valence-corrected chi connectivity index (χ0v) is 10.9. The Balaban J connectivity index is 2.25. The number of rotatable bonds is 2. The molecule has 0 fully saturated rings. The third-order valence-corrected chi connectivity index (χ3v) is 3.18. The van der Waals surface area contributed by atoms with Gasteiger partial charge in [0.25, 0.3) is 0 Å². The molecule has 20 heavy (non-hydrogen) atoms. The third-order valence-electron chi connectivity index (χ3n) is 2.81. The molecular weight excluding hydrogens is 280 g/mol. The summed E-state index contributed by atoms with van der Waals surface area (Å²) in [4.78, 5) is 4.18. The molecule has 7 nitrogen and oxygen atoms in total. The number of fused-ring (bicyclic) bond motifs is 1. The van der Waals surface area contributed by atoms with Gasteiger partial charge in [0.2, 0.25) is 0 Å². The van der Waals surface area contributed by atoms with Gasteiger partial charge < -0.3 is 10.9 Å². The van der Waals surface area contributed by atoms with E-state index in [1.54, 1.807) is 6.07 Å². The van der Waals surface area contributed by atoms with Crippen molar-refractivity contribution < 1.29 is 5.21 Å². The monoisotopic (exact) mass is 288 g/mol. The molecule has 0 saturated carbocycles. The Morgan fingerprint density at radius 3 is 2.90 bits per heavy atom. The van der Waals surface area contributed by atoms with Gasteiger partial charge in [-0.15, -0.1) is 5.10 Å². The number of pyridine rings is 1. The van der Waals surface area contributed by atoms with Gasteiger partial charge in [-0.25, -0.2) is 4.98 Å². The molecule has 3 rings (SSSR count). The van der Waals surface area contributed by atoms with Crippen molar-refractivity contribution in [1.29, 1.82) is 0 Å². The van der Waals surface area contributed by atoms with E-state index in [0.717, 1.165) is 11.0 Å². The lowest BCUT2D eigenvalue weighted by atomic mass is 10.2. The average Bonchev–Trinajstić information content (AvgIpc) is 2.90. The van der Waals surface area contributed by atoms with Gasteiger partial charge >= 0.3 is 0 Å². The van der Waals surface area contributed by atoms with Crippen LogP contribution in [0.1, 0.15) is 5.56 Å². The van der Waals surface area contributed by atoms with Crippen LogP contribution in [0.25, 0.3) is 16.9 Å². The molecule has 2 aromatic heterocycles. The van der Waals surface area contributed by atoms with Crippen molar-refractivity contribution in [3.63, 3.8) is 0 Å². The average molecular weight is 289 g/mol. The molecule has 2 heterocycles. The third kappa shape index (κ3) is 1.84. The van der Waals surface area contributed by atoms with Crippen LogP contribution >= 0.6 is 11.6 Å². The van der Waals surface area contributed by atoms with Crippen molar-refractivity contribution in [2.45, 2.75) is 0 Å². The molecule has 0 atom stereocenters. The molecule has 0 aliphatic rings. The smallest absolute Gasteiger partial charge is 0.175 e. The Morgan fingerprint density at radius 2 is 2.10 bits per heavy atom. The van der Waals surface area contributed by atoms with E-state index < -0.39 is 0 Å². The highest BCUT2D eigenvalue weighted by Crippen LogP contribution is 2.24. The van der Waals surface area contributed by atoms with Crippen molar-refractivity contribution in [3.05, 3.63) is 47.1 Å². The Kier molecular flexibility index (Phi) is 2.96. The SMILES string of the molecule is N/C(=N/O)c1ccnc(-n2nnc3ccccc32)c1Cl. The molecule has 1 aromatic carbocycles. The number of amidine groups is 1. The molecule has 0 unspecified atom stereocenters. The summed E-state index contributed by atoms with van der Waals surface area (Å²) < 4.78 is 1.51. The first-order valence-electron chi connectivity index (χ1n) is 5.65. The highest BCUT2D eigenvalue weighted by molar-refractivity contribution is 6.35. The Bertz CT molecular complexity index is 813. The van der Waals surface area contributed by atoms with Crippen LogP contribution < -0.4 is 5.73 Å². The van der Waals surface area contributed by atoms with Crippen LogP contribution in [0.2, 0.25) is 5.02 Å². The first-order valence-corrected chi connectivity index (χ1v) is 6.03. The van der Waals surface area contributed by atoms with Crippen molar-refractivity contribution in [2.75, 3.05) is 0 Å².